The molecule has 2 N–H and O–H groups in total. The second kappa shape index (κ2) is 7.98. The highest BCUT2D eigenvalue weighted by molar-refractivity contribution is 5.97. The van der Waals surface area contributed by atoms with E-state index in [9.17, 15) is 9.59 Å². The predicted octanol–water partition coefficient (Wildman–Crippen LogP) is 2.94. The Bertz CT molecular complexity index is 734. The zero-order valence-corrected chi connectivity index (χ0v) is 14.7. The predicted molar refractivity (Wildman–Crippen MR) is 92.4 cm³/mol. The molecule has 25 heavy (non-hydrogen) atoms. The standard InChI is InChI=1S/C19H23NO5/c1-13-10-25-15(9-16(21)22)17(13)18(23)20-19(2,3)12-24-11-14-7-5-4-6-8-14/h4-8,10H,9,11-12H2,1-3H3,(H,20,23)(H,21,22). The fourth-order valence-corrected chi connectivity index (χ4v) is 2.47. The number of aryl methyl sites for hydroxylation is 1. The minimum absolute atomic E-state index is 0.156. The second-order valence-electron chi connectivity index (χ2n) is 6.60. The first-order valence-electron chi connectivity index (χ1n) is 8.01. The molecule has 2 rings (SSSR count). The number of hydrogen-bond donors (Lipinski definition) is 2. The molecule has 6 heteroatoms. The van der Waals surface area contributed by atoms with Gasteiger partial charge in [0.05, 0.1) is 30.6 Å². The molecular formula is C19H23NO5. The van der Waals surface area contributed by atoms with Crippen molar-refractivity contribution in [2.24, 2.45) is 0 Å². The molecule has 0 aliphatic heterocycles. The fourth-order valence-electron chi connectivity index (χ4n) is 2.47. The van der Waals surface area contributed by atoms with Crippen molar-refractivity contribution in [3.05, 3.63) is 59.0 Å². The smallest absolute Gasteiger partial charge is 0.311 e. The maximum atomic E-state index is 12.6. The normalized spacial score (nSPS) is 11.3. The van der Waals surface area contributed by atoms with Crippen molar-refractivity contribution in [1.29, 1.82) is 0 Å². The van der Waals surface area contributed by atoms with Gasteiger partial charge in [0.25, 0.3) is 5.91 Å². The summed E-state index contributed by atoms with van der Waals surface area (Å²) < 4.78 is 10.9. The Morgan fingerprint density at radius 1 is 1.24 bits per heavy atom. The highest BCUT2D eigenvalue weighted by atomic mass is 16.5. The number of benzene rings is 1. The van der Waals surface area contributed by atoms with E-state index in [1.54, 1.807) is 6.92 Å². The molecule has 1 heterocycles. The van der Waals surface area contributed by atoms with Gasteiger partial charge in [-0.2, -0.15) is 0 Å². The molecule has 1 amide bonds. The highest BCUT2D eigenvalue weighted by Gasteiger charge is 2.26. The number of nitrogens with one attached hydrogen (secondary N) is 1. The average molecular weight is 345 g/mol. The largest absolute Gasteiger partial charge is 0.481 e. The van der Waals surface area contributed by atoms with E-state index in [1.165, 1.54) is 6.26 Å². The molecule has 0 saturated carbocycles. The number of hydrogen-bond acceptors (Lipinski definition) is 4. The fraction of sp³-hybridized carbons (Fsp3) is 0.368. The van der Waals surface area contributed by atoms with Gasteiger partial charge in [0.2, 0.25) is 0 Å². The van der Waals surface area contributed by atoms with Gasteiger partial charge in [0.15, 0.2) is 0 Å². The van der Waals surface area contributed by atoms with Gasteiger partial charge < -0.3 is 19.6 Å². The molecule has 2 aromatic rings. The van der Waals surface area contributed by atoms with Crippen LogP contribution in [0.4, 0.5) is 0 Å². The summed E-state index contributed by atoms with van der Waals surface area (Å²) in [6, 6.07) is 9.77. The lowest BCUT2D eigenvalue weighted by Gasteiger charge is -2.26. The first kappa shape index (κ1) is 18.7. The van der Waals surface area contributed by atoms with Crippen molar-refractivity contribution in [3.63, 3.8) is 0 Å². The Morgan fingerprint density at radius 3 is 2.56 bits per heavy atom. The molecule has 1 aromatic heterocycles. The number of carbonyl (C=O) groups excluding carboxylic acids is 1. The number of furan rings is 1. The molecular weight excluding hydrogens is 322 g/mol. The van der Waals surface area contributed by atoms with Crippen molar-refractivity contribution in [3.8, 4) is 0 Å². The van der Waals surface area contributed by atoms with E-state index >= 15 is 0 Å². The Balaban J connectivity index is 1.96. The SMILES string of the molecule is Cc1coc(CC(=O)O)c1C(=O)NC(C)(C)COCc1ccccc1. The Kier molecular flexibility index (Phi) is 5.98. The summed E-state index contributed by atoms with van der Waals surface area (Å²) in [5, 5.41) is 11.8. The van der Waals surface area contributed by atoms with Gasteiger partial charge in [-0.25, -0.2) is 0 Å². The summed E-state index contributed by atoms with van der Waals surface area (Å²) in [7, 11) is 0. The number of carbonyl (C=O) groups is 2. The molecule has 0 bridgehead atoms. The molecule has 0 fully saturated rings. The van der Waals surface area contributed by atoms with Gasteiger partial charge in [0, 0.05) is 5.56 Å². The minimum Gasteiger partial charge on any atom is -0.481 e. The van der Waals surface area contributed by atoms with Gasteiger partial charge in [-0.3, -0.25) is 9.59 Å². The third-order valence-corrected chi connectivity index (χ3v) is 3.62. The van der Waals surface area contributed by atoms with Crippen LogP contribution in [0.15, 0.2) is 41.0 Å². The number of carboxylic acid groups (broad SMARTS) is 1. The Labute approximate surface area is 146 Å². The lowest BCUT2D eigenvalue weighted by Crippen LogP contribution is -2.47. The monoisotopic (exact) mass is 345 g/mol. The van der Waals surface area contributed by atoms with E-state index < -0.39 is 11.5 Å². The number of amides is 1. The van der Waals surface area contributed by atoms with Gasteiger partial charge in [0.1, 0.15) is 12.2 Å². The van der Waals surface area contributed by atoms with E-state index in [1.807, 2.05) is 44.2 Å². The zero-order valence-electron chi connectivity index (χ0n) is 14.7. The average Bonchev–Trinajstić information content (AvgIpc) is 2.87. The van der Waals surface area contributed by atoms with Crippen LogP contribution in [0.2, 0.25) is 0 Å². The molecule has 0 unspecified atom stereocenters. The number of rotatable bonds is 8. The first-order valence-corrected chi connectivity index (χ1v) is 8.01. The van der Waals surface area contributed by atoms with E-state index in [2.05, 4.69) is 5.32 Å². The molecule has 1 aromatic carbocycles. The van der Waals surface area contributed by atoms with Crippen LogP contribution >= 0.6 is 0 Å². The maximum absolute atomic E-state index is 12.6. The van der Waals surface area contributed by atoms with Crippen LogP contribution in [0.5, 0.6) is 0 Å². The topological polar surface area (TPSA) is 88.8 Å². The molecule has 0 aliphatic carbocycles. The summed E-state index contributed by atoms with van der Waals surface area (Å²) in [5.41, 5.74) is 1.32. The number of carboxylic acids is 1. The van der Waals surface area contributed by atoms with Crippen LogP contribution in [0.25, 0.3) is 0 Å². The van der Waals surface area contributed by atoms with Crippen LogP contribution in [0.3, 0.4) is 0 Å². The third-order valence-electron chi connectivity index (χ3n) is 3.62. The number of ether oxygens (including phenoxy) is 1. The Hall–Kier alpha value is -2.60. The van der Waals surface area contributed by atoms with Gasteiger partial charge in [-0.15, -0.1) is 0 Å². The third kappa shape index (κ3) is 5.46. The molecule has 134 valence electrons. The van der Waals surface area contributed by atoms with Crippen molar-refractivity contribution in [1.82, 2.24) is 5.32 Å². The summed E-state index contributed by atoms with van der Waals surface area (Å²) in [5.74, 6) is -1.26. The lowest BCUT2D eigenvalue weighted by molar-refractivity contribution is -0.136. The molecule has 0 radical (unpaired) electrons. The second-order valence-corrected chi connectivity index (χ2v) is 6.60. The van der Waals surface area contributed by atoms with Crippen LogP contribution < -0.4 is 5.32 Å². The van der Waals surface area contributed by atoms with Crippen LogP contribution in [-0.4, -0.2) is 29.1 Å². The van der Waals surface area contributed by atoms with Crippen molar-refractivity contribution in [2.75, 3.05) is 6.61 Å². The lowest BCUT2D eigenvalue weighted by atomic mass is 10.0. The van der Waals surface area contributed by atoms with Crippen molar-refractivity contribution in [2.45, 2.75) is 39.3 Å². The van der Waals surface area contributed by atoms with E-state index in [-0.39, 0.29) is 23.7 Å². The van der Waals surface area contributed by atoms with Crippen LogP contribution in [0.1, 0.15) is 41.1 Å². The first-order chi connectivity index (χ1) is 11.8. The molecule has 0 spiro atoms. The summed E-state index contributed by atoms with van der Waals surface area (Å²) in [6.07, 6.45) is 1.06. The molecule has 0 aliphatic rings. The number of aliphatic carboxylic acids is 1. The van der Waals surface area contributed by atoms with Gasteiger partial charge in [-0.05, 0) is 26.3 Å². The quantitative estimate of drug-likeness (QED) is 0.768. The van der Waals surface area contributed by atoms with Crippen LogP contribution in [-0.2, 0) is 22.6 Å². The van der Waals surface area contributed by atoms with Gasteiger partial charge >= 0.3 is 5.97 Å². The summed E-state index contributed by atoms with van der Waals surface area (Å²) >= 11 is 0. The Morgan fingerprint density at radius 2 is 1.92 bits per heavy atom. The maximum Gasteiger partial charge on any atom is 0.311 e. The highest BCUT2D eigenvalue weighted by Crippen LogP contribution is 2.19. The minimum atomic E-state index is -1.05. The summed E-state index contributed by atoms with van der Waals surface area (Å²) in [4.78, 5) is 23.5. The molecule has 0 saturated heterocycles. The van der Waals surface area contributed by atoms with E-state index in [4.69, 9.17) is 14.3 Å². The summed E-state index contributed by atoms with van der Waals surface area (Å²) in [6.45, 7) is 6.18. The van der Waals surface area contributed by atoms with E-state index in [0.29, 0.717) is 18.8 Å². The van der Waals surface area contributed by atoms with Crippen molar-refractivity contribution >= 4 is 11.9 Å². The molecule has 6 nitrogen and oxygen atoms in total. The van der Waals surface area contributed by atoms with Crippen molar-refractivity contribution < 1.29 is 23.8 Å². The van der Waals surface area contributed by atoms with Crippen LogP contribution in [0, 0.1) is 6.92 Å². The zero-order chi connectivity index (χ0) is 18.4. The molecule has 0 atom stereocenters. The van der Waals surface area contributed by atoms with E-state index in [0.717, 1.165) is 5.56 Å². The van der Waals surface area contributed by atoms with Gasteiger partial charge in [-0.1, -0.05) is 30.3 Å².